The number of hydrogen-bond acceptors (Lipinski definition) is 1. The summed E-state index contributed by atoms with van der Waals surface area (Å²) in [7, 11) is 0. The van der Waals surface area contributed by atoms with Crippen molar-refractivity contribution < 1.29 is 0 Å². The van der Waals surface area contributed by atoms with Crippen LogP contribution in [0.5, 0.6) is 0 Å². The summed E-state index contributed by atoms with van der Waals surface area (Å²) in [5, 5.41) is 4.91. The van der Waals surface area contributed by atoms with Crippen LogP contribution in [0.25, 0.3) is 0 Å². The van der Waals surface area contributed by atoms with E-state index in [9.17, 15) is 0 Å². The molecule has 0 saturated heterocycles. The van der Waals surface area contributed by atoms with Gasteiger partial charge in [0.25, 0.3) is 0 Å². The molecule has 0 aromatic heterocycles. The third kappa shape index (κ3) is 3.47. The summed E-state index contributed by atoms with van der Waals surface area (Å²) in [6.45, 7) is 1.48. The maximum Gasteiger partial charge on any atom is 0.0450 e. The molecule has 2 aromatic carbocycles. The topological polar surface area (TPSA) is 12.0 Å². The molecule has 0 aliphatic carbocycles. The number of benzene rings is 2. The first-order valence-electron chi connectivity index (χ1n) is 5.45. The lowest BCUT2D eigenvalue weighted by Gasteiger charge is -2.07. The van der Waals surface area contributed by atoms with Crippen LogP contribution in [0.3, 0.4) is 0 Å². The molecule has 0 saturated carbocycles. The van der Waals surface area contributed by atoms with Gasteiger partial charge >= 0.3 is 0 Å². The highest BCUT2D eigenvalue weighted by Crippen LogP contribution is 2.16. The second kappa shape index (κ2) is 6.06. The summed E-state index contributed by atoms with van der Waals surface area (Å²) in [5.74, 6) is 0. The Labute approximate surface area is 111 Å². The summed E-state index contributed by atoms with van der Waals surface area (Å²) >= 11 is 12.1. The van der Waals surface area contributed by atoms with Crippen molar-refractivity contribution in [1.82, 2.24) is 5.32 Å². The summed E-state index contributed by atoms with van der Waals surface area (Å²) in [6.07, 6.45) is 0. The molecule has 17 heavy (non-hydrogen) atoms. The van der Waals surface area contributed by atoms with E-state index in [-0.39, 0.29) is 0 Å². The average Bonchev–Trinajstić information content (AvgIpc) is 2.34. The predicted molar refractivity (Wildman–Crippen MR) is 73.4 cm³/mol. The van der Waals surface area contributed by atoms with Gasteiger partial charge in [0.05, 0.1) is 0 Å². The lowest BCUT2D eigenvalue weighted by molar-refractivity contribution is 0.693. The predicted octanol–water partition coefficient (Wildman–Crippen LogP) is 4.28. The molecule has 0 bridgehead atoms. The van der Waals surface area contributed by atoms with Crippen molar-refractivity contribution in [2.24, 2.45) is 0 Å². The fourth-order valence-electron chi connectivity index (χ4n) is 1.62. The summed E-state index contributed by atoms with van der Waals surface area (Å²) in [5.41, 5.74) is 2.20. The molecule has 2 aromatic rings. The van der Waals surface area contributed by atoms with Crippen molar-refractivity contribution >= 4 is 23.2 Å². The van der Waals surface area contributed by atoms with Crippen LogP contribution in [0, 0.1) is 0 Å². The van der Waals surface area contributed by atoms with E-state index in [0.717, 1.165) is 34.3 Å². The van der Waals surface area contributed by atoms with Gasteiger partial charge in [-0.3, -0.25) is 0 Å². The molecule has 0 fully saturated rings. The molecule has 0 amide bonds. The minimum atomic E-state index is 0.741. The van der Waals surface area contributed by atoms with Gasteiger partial charge in [0.1, 0.15) is 0 Å². The average molecular weight is 266 g/mol. The van der Waals surface area contributed by atoms with Crippen molar-refractivity contribution in [2.45, 2.75) is 13.1 Å². The van der Waals surface area contributed by atoms with Crippen LogP contribution in [0.2, 0.25) is 10.0 Å². The third-order valence-electron chi connectivity index (χ3n) is 2.55. The van der Waals surface area contributed by atoms with Gasteiger partial charge < -0.3 is 5.32 Å². The lowest BCUT2D eigenvalue weighted by Crippen LogP contribution is -2.13. The molecule has 1 N–H and O–H groups in total. The normalized spacial score (nSPS) is 10.5. The number of nitrogens with one attached hydrogen (secondary N) is 1. The van der Waals surface area contributed by atoms with E-state index in [0.29, 0.717) is 0 Å². The molecule has 0 spiro atoms. The Hall–Kier alpha value is -1.02. The molecule has 0 aliphatic heterocycles. The van der Waals surface area contributed by atoms with Gasteiger partial charge in [-0.25, -0.2) is 0 Å². The highest BCUT2D eigenvalue weighted by atomic mass is 35.5. The van der Waals surface area contributed by atoms with Gasteiger partial charge in [-0.15, -0.1) is 0 Å². The van der Waals surface area contributed by atoms with E-state index in [1.165, 1.54) is 0 Å². The summed E-state index contributed by atoms with van der Waals surface area (Å²) in [4.78, 5) is 0. The fraction of sp³-hybridized carbons (Fsp3) is 0.143. The van der Waals surface area contributed by atoms with Crippen molar-refractivity contribution in [3.8, 4) is 0 Å². The minimum absolute atomic E-state index is 0.741. The maximum absolute atomic E-state index is 6.07. The highest BCUT2D eigenvalue weighted by molar-refractivity contribution is 6.31. The monoisotopic (exact) mass is 265 g/mol. The van der Waals surface area contributed by atoms with Crippen LogP contribution in [-0.4, -0.2) is 0 Å². The van der Waals surface area contributed by atoms with Gasteiger partial charge in [-0.2, -0.15) is 0 Å². The quantitative estimate of drug-likeness (QED) is 0.870. The minimum Gasteiger partial charge on any atom is -0.309 e. The Morgan fingerprint density at radius 2 is 1.12 bits per heavy atom. The first kappa shape index (κ1) is 12.4. The van der Waals surface area contributed by atoms with Crippen LogP contribution < -0.4 is 5.32 Å². The molecular formula is C14H13Cl2N. The Kier molecular flexibility index (Phi) is 4.43. The van der Waals surface area contributed by atoms with Crippen LogP contribution >= 0.6 is 23.2 Å². The third-order valence-corrected chi connectivity index (χ3v) is 3.28. The van der Waals surface area contributed by atoms with E-state index in [4.69, 9.17) is 23.2 Å². The maximum atomic E-state index is 6.07. The molecule has 0 radical (unpaired) electrons. The SMILES string of the molecule is Clc1ccccc1CNCc1ccccc1Cl. The van der Waals surface area contributed by atoms with E-state index in [1.807, 2.05) is 48.5 Å². The fourth-order valence-corrected chi connectivity index (χ4v) is 2.02. The second-order valence-corrected chi connectivity index (χ2v) is 4.60. The molecule has 1 nitrogen and oxygen atoms in total. The Balaban J connectivity index is 1.93. The standard InChI is InChI=1S/C14H13Cl2N/c15-13-7-3-1-5-11(13)9-17-10-12-6-2-4-8-14(12)16/h1-8,17H,9-10H2. The van der Waals surface area contributed by atoms with Gasteiger partial charge in [0, 0.05) is 23.1 Å². The largest absolute Gasteiger partial charge is 0.309 e. The van der Waals surface area contributed by atoms with Crippen molar-refractivity contribution in [3.63, 3.8) is 0 Å². The summed E-state index contributed by atoms with van der Waals surface area (Å²) < 4.78 is 0. The molecule has 88 valence electrons. The zero-order valence-corrected chi connectivity index (χ0v) is 10.8. The molecule has 2 rings (SSSR count). The lowest BCUT2D eigenvalue weighted by atomic mass is 10.2. The first-order valence-corrected chi connectivity index (χ1v) is 6.20. The van der Waals surface area contributed by atoms with E-state index >= 15 is 0 Å². The van der Waals surface area contributed by atoms with E-state index < -0.39 is 0 Å². The Morgan fingerprint density at radius 3 is 1.53 bits per heavy atom. The van der Waals surface area contributed by atoms with Crippen molar-refractivity contribution in [3.05, 3.63) is 69.7 Å². The van der Waals surface area contributed by atoms with Crippen molar-refractivity contribution in [2.75, 3.05) is 0 Å². The number of halogens is 2. The van der Waals surface area contributed by atoms with Gasteiger partial charge in [0.15, 0.2) is 0 Å². The molecule has 0 aliphatic rings. The van der Waals surface area contributed by atoms with Gasteiger partial charge in [-0.05, 0) is 23.3 Å². The molecule has 3 heteroatoms. The Bertz CT molecular complexity index is 452. The smallest absolute Gasteiger partial charge is 0.0450 e. The van der Waals surface area contributed by atoms with Crippen LogP contribution in [0.15, 0.2) is 48.5 Å². The Morgan fingerprint density at radius 1 is 0.706 bits per heavy atom. The molecule has 0 atom stereocenters. The zero-order chi connectivity index (χ0) is 12.1. The molecule has 0 unspecified atom stereocenters. The van der Waals surface area contributed by atoms with Gasteiger partial charge in [-0.1, -0.05) is 59.6 Å². The number of hydrogen-bond donors (Lipinski definition) is 1. The first-order chi connectivity index (χ1) is 8.27. The number of rotatable bonds is 4. The zero-order valence-electron chi connectivity index (χ0n) is 9.29. The second-order valence-electron chi connectivity index (χ2n) is 3.79. The van der Waals surface area contributed by atoms with Crippen LogP contribution in [0.1, 0.15) is 11.1 Å². The summed E-state index contributed by atoms with van der Waals surface area (Å²) in [6, 6.07) is 15.7. The van der Waals surface area contributed by atoms with E-state index in [1.54, 1.807) is 0 Å². The van der Waals surface area contributed by atoms with Crippen molar-refractivity contribution in [1.29, 1.82) is 0 Å². The highest BCUT2D eigenvalue weighted by Gasteiger charge is 2.00. The van der Waals surface area contributed by atoms with Crippen LogP contribution in [0.4, 0.5) is 0 Å². The molecule has 0 heterocycles. The molecular weight excluding hydrogens is 253 g/mol. The van der Waals surface area contributed by atoms with E-state index in [2.05, 4.69) is 5.32 Å². The van der Waals surface area contributed by atoms with Crippen LogP contribution in [-0.2, 0) is 13.1 Å². The van der Waals surface area contributed by atoms with Gasteiger partial charge in [0.2, 0.25) is 0 Å².